The lowest BCUT2D eigenvalue weighted by Gasteiger charge is -2.25. The second-order valence-electron chi connectivity index (χ2n) is 3.90. The number of hydrogen-bond donors (Lipinski definition) is 0. The van der Waals surface area contributed by atoms with Crippen LogP contribution in [0.5, 0.6) is 11.5 Å². The monoisotopic (exact) mass is 205 g/mol. The highest BCUT2D eigenvalue weighted by atomic mass is 16.7. The number of carbonyl (C=O) groups excluding carboxylic acids is 1. The Labute approximate surface area is 87.4 Å². The van der Waals surface area contributed by atoms with E-state index >= 15 is 0 Å². The molecule has 2 heterocycles. The first-order chi connectivity index (χ1) is 7.24. The number of fused-ring (bicyclic) bond motifs is 2. The predicted molar refractivity (Wildman–Crippen MR) is 52.7 cm³/mol. The van der Waals surface area contributed by atoms with Gasteiger partial charge >= 0.3 is 0 Å². The topological polar surface area (TPSA) is 38.8 Å². The van der Waals surface area contributed by atoms with Crippen molar-refractivity contribution in [1.29, 1.82) is 0 Å². The minimum Gasteiger partial charge on any atom is -0.454 e. The van der Waals surface area contributed by atoms with E-state index < -0.39 is 0 Å². The fraction of sp³-hybridized carbons (Fsp3) is 0.364. The molecule has 0 fully saturated rings. The van der Waals surface area contributed by atoms with Crippen LogP contribution in [0.2, 0.25) is 0 Å². The van der Waals surface area contributed by atoms with Crippen LogP contribution in [0.15, 0.2) is 12.1 Å². The first-order valence-corrected chi connectivity index (χ1v) is 4.89. The van der Waals surface area contributed by atoms with E-state index in [1.165, 1.54) is 0 Å². The van der Waals surface area contributed by atoms with E-state index in [-0.39, 0.29) is 12.7 Å². The average Bonchev–Trinajstić information content (AvgIpc) is 2.63. The summed E-state index contributed by atoms with van der Waals surface area (Å²) < 4.78 is 10.6. The van der Waals surface area contributed by atoms with Gasteiger partial charge in [0, 0.05) is 13.6 Å². The van der Waals surface area contributed by atoms with E-state index in [1.54, 1.807) is 4.90 Å². The Morgan fingerprint density at radius 1 is 1.20 bits per heavy atom. The summed E-state index contributed by atoms with van der Waals surface area (Å²) in [6.45, 7) is 0.937. The van der Waals surface area contributed by atoms with E-state index in [0.717, 1.165) is 22.6 Å². The highest BCUT2D eigenvalue weighted by molar-refractivity contribution is 5.81. The van der Waals surface area contributed by atoms with Crippen LogP contribution >= 0.6 is 0 Å². The quantitative estimate of drug-likeness (QED) is 0.632. The molecular formula is C11H11NO3. The van der Waals surface area contributed by atoms with Gasteiger partial charge in [-0.25, -0.2) is 0 Å². The zero-order valence-corrected chi connectivity index (χ0v) is 8.45. The molecule has 0 bridgehead atoms. The van der Waals surface area contributed by atoms with Crippen molar-refractivity contribution in [2.45, 2.75) is 13.0 Å². The fourth-order valence-corrected chi connectivity index (χ4v) is 1.98. The highest BCUT2D eigenvalue weighted by Crippen LogP contribution is 2.36. The third-order valence-corrected chi connectivity index (χ3v) is 2.87. The molecule has 0 radical (unpaired) electrons. The molecule has 2 aliphatic rings. The Hall–Kier alpha value is -1.71. The summed E-state index contributed by atoms with van der Waals surface area (Å²) in [5.41, 5.74) is 2.21. The van der Waals surface area contributed by atoms with Crippen LogP contribution in [0.1, 0.15) is 11.1 Å². The average molecular weight is 205 g/mol. The molecule has 1 aromatic carbocycles. The lowest BCUT2D eigenvalue weighted by atomic mass is 9.99. The van der Waals surface area contributed by atoms with Gasteiger partial charge in [-0.2, -0.15) is 0 Å². The van der Waals surface area contributed by atoms with Crippen LogP contribution < -0.4 is 9.47 Å². The van der Waals surface area contributed by atoms with Crippen LogP contribution in [0.25, 0.3) is 0 Å². The van der Waals surface area contributed by atoms with E-state index in [4.69, 9.17) is 9.47 Å². The summed E-state index contributed by atoms with van der Waals surface area (Å²) >= 11 is 0. The van der Waals surface area contributed by atoms with Crippen molar-refractivity contribution in [1.82, 2.24) is 4.90 Å². The Kier molecular flexibility index (Phi) is 1.65. The zero-order valence-electron chi connectivity index (χ0n) is 8.45. The molecule has 0 atom stereocenters. The minimum absolute atomic E-state index is 0.154. The molecule has 15 heavy (non-hydrogen) atoms. The van der Waals surface area contributed by atoms with Gasteiger partial charge in [-0.3, -0.25) is 4.79 Å². The SMILES string of the molecule is CN1Cc2cc3c(cc2CC1=O)OCO3. The van der Waals surface area contributed by atoms with Crippen LogP contribution in [0, 0.1) is 0 Å². The second-order valence-corrected chi connectivity index (χ2v) is 3.90. The molecule has 4 heteroatoms. The Morgan fingerprint density at radius 2 is 1.87 bits per heavy atom. The molecule has 0 spiro atoms. The summed E-state index contributed by atoms with van der Waals surface area (Å²) in [6, 6.07) is 3.89. The van der Waals surface area contributed by atoms with E-state index in [2.05, 4.69) is 0 Å². The molecule has 78 valence electrons. The molecule has 4 nitrogen and oxygen atoms in total. The Balaban J connectivity index is 2.07. The van der Waals surface area contributed by atoms with Gasteiger partial charge in [0.2, 0.25) is 12.7 Å². The third-order valence-electron chi connectivity index (χ3n) is 2.87. The zero-order chi connectivity index (χ0) is 10.4. The predicted octanol–water partition coefficient (Wildman–Crippen LogP) is 0.930. The van der Waals surface area contributed by atoms with Gasteiger partial charge in [0.1, 0.15) is 0 Å². The summed E-state index contributed by atoms with van der Waals surface area (Å²) in [4.78, 5) is 13.2. The number of nitrogens with zero attached hydrogens (tertiary/aromatic N) is 1. The molecule has 2 aliphatic heterocycles. The van der Waals surface area contributed by atoms with E-state index in [9.17, 15) is 4.79 Å². The number of likely N-dealkylation sites (N-methyl/N-ethyl adjacent to an activating group) is 1. The van der Waals surface area contributed by atoms with Crippen molar-refractivity contribution in [3.8, 4) is 11.5 Å². The molecule has 3 rings (SSSR count). The first kappa shape index (κ1) is 8.59. The second kappa shape index (κ2) is 2.89. The smallest absolute Gasteiger partial charge is 0.231 e. The minimum atomic E-state index is 0.154. The number of benzene rings is 1. The fourth-order valence-electron chi connectivity index (χ4n) is 1.98. The van der Waals surface area contributed by atoms with Crippen molar-refractivity contribution in [3.05, 3.63) is 23.3 Å². The van der Waals surface area contributed by atoms with Crippen LogP contribution in [0.4, 0.5) is 0 Å². The van der Waals surface area contributed by atoms with E-state index in [1.807, 2.05) is 19.2 Å². The normalized spacial score (nSPS) is 17.9. The van der Waals surface area contributed by atoms with Gasteiger partial charge in [-0.05, 0) is 23.3 Å². The molecule has 0 aliphatic carbocycles. The third kappa shape index (κ3) is 1.25. The van der Waals surface area contributed by atoms with Gasteiger partial charge in [-0.15, -0.1) is 0 Å². The van der Waals surface area contributed by atoms with Gasteiger partial charge < -0.3 is 14.4 Å². The lowest BCUT2D eigenvalue weighted by Crippen LogP contribution is -2.32. The number of ether oxygens (including phenoxy) is 2. The highest BCUT2D eigenvalue weighted by Gasteiger charge is 2.24. The van der Waals surface area contributed by atoms with Crippen LogP contribution in [-0.4, -0.2) is 24.6 Å². The van der Waals surface area contributed by atoms with E-state index in [0.29, 0.717) is 13.0 Å². The Morgan fingerprint density at radius 3 is 2.60 bits per heavy atom. The Bertz CT molecular complexity index is 442. The molecule has 0 saturated carbocycles. The van der Waals surface area contributed by atoms with Gasteiger partial charge in [0.15, 0.2) is 11.5 Å². The summed E-state index contributed by atoms with van der Waals surface area (Å²) in [7, 11) is 1.82. The molecule has 1 amide bonds. The van der Waals surface area contributed by atoms with Crippen molar-refractivity contribution >= 4 is 5.91 Å². The summed E-state index contributed by atoms with van der Waals surface area (Å²) in [6.07, 6.45) is 0.461. The van der Waals surface area contributed by atoms with Gasteiger partial charge in [-0.1, -0.05) is 0 Å². The van der Waals surface area contributed by atoms with Crippen molar-refractivity contribution in [2.75, 3.05) is 13.8 Å². The maximum Gasteiger partial charge on any atom is 0.231 e. The van der Waals surface area contributed by atoms with Crippen molar-refractivity contribution < 1.29 is 14.3 Å². The number of rotatable bonds is 0. The summed E-state index contributed by atoms with van der Waals surface area (Å²) in [5.74, 6) is 1.70. The maximum atomic E-state index is 11.5. The first-order valence-electron chi connectivity index (χ1n) is 4.89. The molecular weight excluding hydrogens is 194 g/mol. The molecule has 0 N–H and O–H groups in total. The molecule has 1 aromatic rings. The molecule has 0 aromatic heterocycles. The van der Waals surface area contributed by atoms with Crippen LogP contribution in [-0.2, 0) is 17.8 Å². The van der Waals surface area contributed by atoms with Crippen molar-refractivity contribution in [2.24, 2.45) is 0 Å². The van der Waals surface area contributed by atoms with Crippen LogP contribution in [0.3, 0.4) is 0 Å². The molecule has 0 saturated heterocycles. The van der Waals surface area contributed by atoms with Gasteiger partial charge in [0.25, 0.3) is 0 Å². The molecule has 0 unspecified atom stereocenters. The standard InChI is InChI=1S/C11H11NO3/c1-12-5-8-3-10-9(14-6-15-10)2-7(8)4-11(12)13/h2-3H,4-6H2,1H3. The number of amides is 1. The summed E-state index contributed by atoms with van der Waals surface area (Å²) in [5, 5.41) is 0. The number of hydrogen-bond acceptors (Lipinski definition) is 3. The number of carbonyl (C=O) groups is 1. The maximum absolute atomic E-state index is 11.5. The largest absolute Gasteiger partial charge is 0.454 e. The lowest BCUT2D eigenvalue weighted by molar-refractivity contribution is -0.130. The van der Waals surface area contributed by atoms with Gasteiger partial charge in [0.05, 0.1) is 6.42 Å². The van der Waals surface area contributed by atoms with Crippen molar-refractivity contribution in [3.63, 3.8) is 0 Å².